The average molecular weight is 414 g/mol. The predicted molar refractivity (Wildman–Crippen MR) is 107 cm³/mol. The summed E-state index contributed by atoms with van der Waals surface area (Å²) in [5.41, 5.74) is 0. The zero-order valence-corrected chi connectivity index (χ0v) is 17.8. The van der Waals surface area contributed by atoms with E-state index in [4.69, 9.17) is 9.47 Å². The molecule has 0 radical (unpaired) electrons. The number of hydrogen-bond donors (Lipinski definition) is 1. The number of carbonyl (C=O) groups excluding carboxylic acids is 1. The Balaban J connectivity index is 1.84. The highest BCUT2D eigenvalue weighted by atomic mass is 32.2. The van der Waals surface area contributed by atoms with Crippen molar-refractivity contribution in [3.8, 4) is 11.5 Å². The number of likely N-dealkylation sites (tertiary alicyclic amines) is 1. The van der Waals surface area contributed by atoms with Crippen LogP contribution >= 0.6 is 0 Å². The van der Waals surface area contributed by atoms with Crippen LogP contribution in [0.15, 0.2) is 23.1 Å². The van der Waals surface area contributed by atoms with Crippen LogP contribution in [0.2, 0.25) is 0 Å². The normalized spacial score (nSPS) is 15.4. The monoisotopic (exact) mass is 413 g/mol. The number of ether oxygens (including phenoxy) is 2. The molecule has 1 fully saturated rings. The van der Waals surface area contributed by atoms with Crippen molar-refractivity contribution in [2.24, 2.45) is 0 Å². The molecule has 8 nitrogen and oxygen atoms in total. The number of nitrogens with one attached hydrogen (secondary N) is 1. The average Bonchev–Trinajstić information content (AvgIpc) is 2.71. The standard InChI is InChI=1S/C19H31N3O5S/c1-21(15-19(23)20-10-7-13-22-11-5-4-6-12-22)28(24,25)16-8-9-17(26-2)18(14-16)27-3/h8-9,14H,4-7,10-13,15H2,1-3H3,(H,20,23). The molecule has 0 aliphatic carbocycles. The van der Waals surface area contributed by atoms with Crippen LogP contribution in [0, 0.1) is 0 Å². The third-order valence-electron chi connectivity index (χ3n) is 4.85. The first-order valence-electron chi connectivity index (χ1n) is 9.56. The van der Waals surface area contributed by atoms with Gasteiger partial charge in [-0.3, -0.25) is 4.79 Å². The molecule has 1 aromatic rings. The van der Waals surface area contributed by atoms with E-state index in [1.54, 1.807) is 0 Å². The highest BCUT2D eigenvalue weighted by Crippen LogP contribution is 2.30. The molecule has 0 aromatic heterocycles. The number of carbonyl (C=O) groups is 1. The summed E-state index contributed by atoms with van der Waals surface area (Å²) >= 11 is 0. The van der Waals surface area contributed by atoms with Gasteiger partial charge in [0.05, 0.1) is 25.7 Å². The number of piperidine rings is 1. The molecule has 1 heterocycles. The Morgan fingerprint density at radius 3 is 2.46 bits per heavy atom. The zero-order valence-electron chi connectivity index (χ0n) is 16.9. The fourth-order valence-electron chi connectivity index (χ4n) is 3.21. The molecule has 158 valence electrons. The van der Waals surface area contributed by atoms with E-state index in [1.165, 1.54) is 58.7 Å². The molecule has 1 aromatic carbocycles. The number of nitrogens with zero attached hydrogens (tertiary/aromatic N) is 2. The molecule has 0 bridgehead atoms. The minimum atomic E-state index is -3.81. The maximum Gasteiger partial charge on any atom is 0.243 e. The molecular weight excluding hydrogens is 382 g/mol. The minimum absolute atomic E-state index is 0.0468. The molecule has 1 amide bonds. The molecule has 2 rings (SSSR count). The minimum Gasteiger partial charge on any atom is -0.493 e. The van der Waals surface area contributed by atoms with Crippen LogP contribution in [0.5, 0.6) is 11.5 Å². The van der Waals surface area contributed by atoms with E-state index in [0.29, 0.717) is 18.0 Å². The van der Waals surface area contributed by atoms with Crippen molar-refractivity contribution in [1.29, 1.82) is 0 Å². The van der Waals surface area contributed by atoms with Crippen LogP contribution in [0.4, 0.5) is 0 Å². The van der Waals surface area contributed by atoms with Gasteiger partial charge in [-0.2, -0.15) is 4.31 Å². The van der Waals surface area contributed by atoms with Gasteiger partial charge in [0.2, 0.25) is 15.9 Å². The predicted octanol–water partition coefficient (Wildman–Crippen LogP) is 1.32. The van der Waals surface area contributed by atoms with Crippen LogP contribution in [-0.4, -0.2) is 77.5 Å². The summed E-state index contributed by atoms with van der Waals surface area (Å²) in [5.74, 6) is 0.444. The van der Waals surface area contributed by atoms with E-state index in [0.717, 1.165) is 30.4 Å². The van der Waals surface area contributed by atoms with Gasteiger partial charge < -0.3 is 19.7 Å². The lowest BCUT2D eigenvalue weighted by Gasteiger charge is -2.26. The summed E-state index contributed by atoms with van der Waals surface area (Å²) in [4.78, 5) is 14.6. The Morgan fingerprint density at radius 2 is 1.82 bits per heavy atom. The summed E-state index contributed by atoms with van der Waals surface area (Å²) in [6, 6.07) is 4.35. The summed E-state index contributed by atoms with van der Waals surface area (Å²) in [5, 5.41) is 2.80. The van der Waals surface area contributed by atoms with Gasteiger partial charge in [-0.25, -0.2) is 8.42 Å². The topological polar surface area (TPSA) is 88.2 Å². The molecule has 1 aliphatic heterocycles. The number of hydrogen-bond acceptors (Lipinski definition) is 6. The van der Waals surface area contributed by atoms with Gasteiger partial charge in [-0.1, -0.05) is 6.42 Å². The highest BCUT2D eigenvalue weighted by molar-refractivity contribution is 7.89. The van der Waals surface area contributed by atoms with Crippen molar-refractivity contribution < 1.29 is 22.7 Å². The third kappa shape index (κ3) is 6.08. The molecule has 1 saturated heterocycles. The van der Waals surface area contributed by atoms with E-state index in [9.17, 15) is 13.2 Å². The Bertz CT molecular complexity index is 748. The van der Waals surface area contributed by atoms with Crippen LogP contribution in [0.3, 0.4) is 0 Å². The Kier molecular flexibility index (Phi) is 8.53. The van der Waals surface area contributed by atoms with E-state index in [1.807, 2.05) is 0 Å². The van der Waals surface area contributed by atoms with Crippen molar-refractivity contribution in [2.75, 3.05) is 54.0 Å². The molecule has 0 atom stereocenters. The summed E-state index contributed by atoms with van der Waals surface area (Å²) in [7, 11) is 0.497. The van der Waals surface area contributed by atoms with Crippen LogP contribution in [0.25, 0.3) is 0 Å². The molecule has 1 N–H and O–H groups in total. The lowest BCUT2D eigenvalue weighted by molar-refractivity contribution is -0.121. The third-order valence-corrected chi connectivity index (χ3v) is 6.65. The van der Waals surface area contributed by atoms with E-state index in [2.05, 4.69) is 10.2 Å². The van der Waals surface area contributed by atoms with Gasteiger partial charge in [0.15, 0.2) is 11.5 Å². The SMILES string of the molecule is COc1ccc(S(=O)(=O)N(C)CC(=O)NCCCN2CCCCC2)cc1OC. The number of rotatable bonds is 10. The quantitative estimate of drug-likeness (QED) is 0.582. The van der Waals surface area contributed by atoms with Crippen molar-refractivity contribution >= 4 is 15.9 Å². The first-order valence-corrected chi connectivity index (χ1v) is 11.0. The lowest BCUT2D eigenvalue weighted by atomic mass is 10.1. The van der Waals surface area contributed by atoms with Crippen LogP contribution < -0.4 is 14.8 Å². The molecule has 28 heavy (non-hydrogen) atoms. The Morgan fingerprint density at radius 1 is 1.14 bits per heavy atom. The Labute approximate surface area is 167 Å². The second kappa shape index (κ2) is 10.6. The molecule has 1 aliphatic rings. The maximum atomic E-state index is 12.7. The van der Waals surface area contributed by atoms with Crippen LogP contribution in [-0.2, 0) is 14.8 Å². The first-order chi connectivity index (χ1) is 13.4. The second-order valence-corrected chi connectivity index (χ2v) is 8.93. The van der Waals surface area contributed by atoms with Crippen molar-refractivity contribution in [2.45, 2.75) is 30.6 Å². The number of methoxy groups -OCH3 is 2. The molecular formula is C19H31N3O5S. The van der Waals surface area contributed by atoms with Gasteiger partial charge in [0, 0.05) is 19.7 Å². The van der Waals surface area contributed by atoms with Gasteiger partial charge in [0.25, 0.3) is 0 Å². The molecule has 0 saturated carbocycles. The summed E-state index contributed by atoms with van der Waals surface area (Å²) in [6.45, 7) is 3.51. The molecule has 0 spiro atoms. The largest absolute Gasteiger partial charge is 0.493 e. The lowest BCUT2D eigenvalue weighted by Crippen LogP contribution is -2.39. The van der Waals surface area contributed by atoms with E-state index in [-0.39, 0.29) is 17.3 Å². The zero-order chi connectivity index (χ0) is 20.6. The number of benzene rings is 1. The van der Waals surface area contributed by atoms with Crippen molar-refractivity contribution in [3.05, 3.63) is 18.2 Å². The maximum absolute atomic E-state index is 12.7. The fourth-order valence-corrected chi connectivity index (χ4v) is 4.36. The van der Waals surface area contributed by atoms with Gasteiger partial charge in [-0.05, 0) is 51.0 Å². The smallest absolute Gasteiger partial charge is 0.243 e. The van der Waals surface area contributed by atoms with Gasteiger partial charge in [-0.15, -0.1) is 0 Å². The summed E-state index contributed by atoms with van der Waals surface area (Å²) in [6.07, 6.45) is 4.64. The second-order valence-electron chi connectivity index (χ2n) is 6.88. The number of likely N-dealkylation sites (N-methyl/N-ethyl adjacent to an activating group) is 1. The Hall–Kier alpha value is -1.84. The fraction of sp³-hybridized carbons (Fsp3) is 0.632. The molecule has 9 heteroatoms. The van der Waals surface area contributed by atoms with Gasteiger partial charge in [0.1, 0.15) is 0 Å². The molecule has 0 unspecified atom stereocenters. The van der Waals surface area contributed by atoms with E-state index >= 15 is 0 Å². The number of amides is 1. The van der Waals surface area contributed by atoms with Crippen LogP contribution in [0.1, 0.15) is 25.7 Å². The van der Waals surface area contributed by atoms with Gasteiger partial charge >= 0.3 is 0 Å². The van der Waals surface area contributed by atoms with Crippen molar-refractivity contribution in [1.82, 2.24) is 14.5 Å². The first kappa shape index (κ1) is 22.4. The van der Waals surface area contributed by atoms with E-state index < -0.39 is 10.0 Å². The number of sulfonamides is 1. The highest BCUT2D eigenvalue weighted by Gasteiger charge is 2.24. The van der Waals surface area contributed by atoms with Crippen molar-refractivity contribution in [3.63, 3.8) is 0 Å². The summed E-state index contributed by atoms with van der Waals surface area (Å²) < 4.78 is 36.7.